The van der Waals surface area contributed by atoms with Crippen LogP contribution in [-0.2, 0) is 13.1 Å². The number of hydrogen-bond acceptors (Lipinski definition) is 2. The molecule has 0 radical (unpaired) electrons. The molecule has 0 atom stereocenters. The topological polar surface area (TPSA) is 24.9 Å². The van der Waals surface area contributed by atoms with Crippen molar-refractivity contribution in [2.75, 3.05) is 0 Å². The first-order chi connectivity index (χ1) is 5.29. The number of pyridine rings is 1. The summed E-state index contributed by atoms with van der Waals surface area (Å²) >= 11 is 9.29. The maximum Gasteiger partial charge on any atom is 0.133 e. The Morgan fingerprint density at radius 3 is 2.91 bits per heavy atom. The number of hydrogen-bond donors (Lipinski definition) is 1. The fourth-order valence-corrected chi connectivity index (χ4v) is 1.93. The molecule has 2 nitrogen and oxygen atoms in total. The fraction of sp³-hybridized carbons (Fsp3) is 0.286. The molecule has 0 saturated carbocycles. The molecule has 58 valence electrons. The molecule has 0 aromatic carbocycles. The summed E-state index contributed by atoms with van der Waals surface area (Å²) in [4.78, 5) is 4.03. The van der Waals surface area contributed by atoms with E-state index in [1.807, 2.05) is 0 Å². The van der Waals surface area contributed by atoms with Gasteiger partial charge in [-0.05, 0) is 21.5 Å². The van der Waals surface area contributed by atoms with Crippen LogP contribution in [0.1, 0.15) is 11.1 Å². The zero-order valence-electron chi connectivity index (χ0n) is 5.69. The van der Waals surface area contributed by atoms with Crippen LogP contribution in [0.4, 0.5) is 0 Å². The third kappa shape index (κ3) is 1.17. The van der Waals surface area contributed by atoms with Crippen LogP contribution in [0.15, 0.2) is 10.7 Å². The largest absolute Gasteiger partial charge is 0.308 e. The van der Waals surface area contributed by atoms with Gasteiger partial charge in [0.25, 0.3) is 0 Å². The van der Waals surface area contributed by atoms with Crippen LogP contribution in [0.3, 0.4) is 0 Å². The molecule has 0 saturated heterocycles. The fourth-order valence-electron chi connectivity index (χ4n) is 1.22. The summed E-state index contributed by atoms with van der Waals surface area (Å²) in [5.74, 6) is 0. The lowest BCUT2D eigenvalue weighted by molar-refractivity contribution is 0.763. The molecule has 0 unspecified atom stereocenters. The average molecular weight is 233 g/mol. The summed E-state index contributed by atoms with van der Waals surface area (Å²) in [6, 6.07) is 0. The quantitative estimate of drug-likeness (QED) is 0.694. The van der Waals surface area contributed by atoms with Crippen molar-refractivity contribution < 1.29 is 0 Å². The lowest BCUT2D eigenvalue weighted by atomic mass is 10.2. The minimum Gasteiger partial charge on any atom is -0.308 e. The molecule has 0 aliphatic carbocycles. The van der Waals surface area contributed by atoms with Gasteiger partial charge in [-0.15, -0.1) is 0 Å². The first-order valence-electron chi connectivity index (χ1n) is 3.31. The number of halogens is 2. The smallest absolute Gasteiger partial charge is 0.133 e. The molecule has 0 spiro atoms. The minimum atomic E-state index is 0.619. The Hall–Kier alpha value is -0.120. The van der Waals surface area contributed by atoms with Gasteiger partial charge in [0, 0.05) is 29.3 Å². The molecule has 0 bridgehead atoms. The lowest BCUT2D eigenvalue weighted by Gasteiger charge is -2.00. The van der Waals surface area contributed by atoms with Crippen molar-refractivity contribution in [2.45, 2.75) is 13.1 Å². The van der Waals surface area contributed by atoms with Gasteiger partial charge in [-0.1, -0.05) is 11.6 Å². The van der Waals surface area contributed by atoms with Gasteiger partial charge < -0.3 is 5.32 Å². The molecule has 1 N–H and O–H groups in total. The third-order valence-electron chi connectivity index (χ3n) is 1.80. The Morgan fingerprint density at radius 2 is 2.18 bits per heavy atom. The van der Waals surface area contributed by atoms with E-state index in [4.69, 9.17) is 11.6 Å². The van der Waals surface area contributed by atoms with Gasteiger partial charge >= 0.3 is 0 Å². The van der Waals surface area contributed by atoms with Gasteiger partial charge in [-0.25, -0.2) is 4.98 Å². The second-order valence-electron chi connectivity index (χ2n) is 2.46. The highest BCUT2D eigenvalue weighted by molar-refractivity contribution is 9.10. The van der Waals surface area contributed by atoms with E-state index < -0.39 is 0 Å². The van der Waals surface area contributed by atoms with Crippen LogP contribution in [0.2, 0.25) is 5.15 Å². The summed E-state index contributed by atoms with van der Waals surface area (Å²) in [5.41, 5.74) is 2.37. The predicted molar refractivity (Wildman–Crippen MR) is 47.5 cm³/mol. The molecular formula is C7H6BrClN2. The molecular weight excluding hydrogens is 227 g/mol. The summed E-state index contributed by atoms with van der Waals surface area (Å²) < 4.78 is 1.04. The molecule has 1 aromatic heterocycles. The molecule has 11 heavy (non-hydrogen) atoms. The Morgan fingerprint density at radius 1 is 1.45 bits per heavy atom. The molecule has 4 heteroatoms. The number of nitrogens with one attached hydrogen (secondary N) is 1. The van der Waals surface area contributed by atoms with Gasteiger partial charge in [0.1, 0.15) is 5.15 Å². The Kier molecular flexibility index (Phi) is 1.87. The van der Waals surface area contributed by atoms with Gasteiger partial charge in [-0.3, -0.25) is 0 Å². The second kappa shape index (κ2) is 2.73. The van der Waals surface area contributed by atoms with Crippen LogP contribution in [0.5, 0.6) is 0 Å². The molecule has 1 aliphatic rings. The number of fused-ring (bicyclic) bond motifs is 1. The third-order valence-corrected chi connectivity index (χ3v) is 2.81. The van der Waals surface area contributed by atoms with E-state index in [9.17, 15) is 0 Å². The van der Waals surface area contributed by atoms with E-state index in [1.165, 1.54) is 5.56 Å². The van der Waals surface area contributed by atoms with Crippen LogP contribution in [0, 0.1) is 0 Å². The van der Waals surface area contributed by atoms with E-state index in [-0.39, 0.29) is 0 Å². The zero-order chi connectivity index (χ0) is 7.84. The minimum absolute atomic E-state index is 0.619. The van der Waals surface area contributed by atoms with E-state index >= 15 is 0 Å². The molecule has 0 amide bonds. The van der Waals surface area contributed by atoms with Crippen LogP contribution >= 0.6 is 27.5 Å². The molecule has 1 aliphatic heterocycles. The van der Waals surface area contributed by atoms with Crippen molar-refractivity contribution in [3.63, 3.8) is 0 Å². The standard InChI is InChI=1S/C7H6BrClN2/c8-6-3-11-7(9)5-2-10-1-4(5)6/h3,10H,1-2H2. The summed E-state index contributed by atoms with van der Waals surface area (Å²) in [5, 5.41) is 3.83. The first-order valence-corrected chi connectivity index (χ1v) is 4.48. The highest BCUT2D eigenvalue weighted by Gasteiger charge is 2.16. The Balaban J connectivity index is 2.64. The highest BCUT2D eigenvalue weighted by Crippen LogP contribution is 2.28. The van der Waals surface area contributed by atoms with E-state index in [0.717, 1.165) is 23.1 Å². The van der Waals surface area contributed by atoms with Crippen LogP contribution in [0.25, 0.3) is 0 Å². The predicted octanol–water partition coefficient (Wildman–Crippen LogP) is 2.10. The summed E-state index contributed by atoms with van der Waals surface area (Å²) in [7, 11) is 0. The van der Waals surface area contributed by atoms with Gasteiger partial charge in [0.05, 0.1) is 0 Å². The van der Waals surface area contributed by atoms with Crippen molar-refractivity contribution >= 4 is 27.5 Å². The number of aromatic nitrogens is 1. The maximum atomic E-state index is 5.87. The highest BCUT2D eigenvalue weighted by atomic mass is 79.9. The van der Waals surface area contributed by atoms with Crippen molar-refractivity contribution in [1.82, 2.24) is 10.3 Å². The second-order valence-corrected chi connectivity index (χ2v) is 3.67. The lowest BCUT2D eigenvalue weighted by Crippen LogP contribution is -2.00. The number of rotatable bonds is 0. The van der Waals surface area contributed by atoms with Gasteiger partial charge in [-0.2, -0.15) is 0 Å². The van der Waals surface area contributed by atoms with Gasteiger partial charge in [0.15, 0.2) is 0 Å². The Bertz CT molecular complexity index is 272. The van der Waals surface area contributed by atoms with Crippen LogP contribution < -0.4 is 5.32 Å². The Labute approximate surface area is 78.1 Å². The molecule has 1 aromatic rings. The first kappa shape index (κ1) is 7.53. The van der Waals surface area contributed by atoms with Crippen molar-refractivity contribution in [1.29, 1.82) is 0 Å². The zero-order valence-corrected chi connectivity index (χ0v) is 8.04. The molecule has 0 fully saturated rings. The summed E-state index contributed by atoms with van der Waals surface area (Å²) in [6.45, 7) is 1.72. The normalized spacial score (nSPS) is 15.1. The van der Waals surface area contributed by atoms with Gasteiger partial charge in [0.2, 0.25) is 0 Å². The van der Waals surface area contributed by atoms with E-state index in [1.54, 1.807) is 6.20 Å². The monoisotopic (exact) mass is 232 g/mol. The maximum absolute atomic E-state index is 5.87. The van der Waals surface area contributed by atoms with Crippen molar-refractivity contribution in [2.24, 2.45) is 0 Å². The van der Waals surface area contributed by atoms with E-state index in [2.05, 4.69) is 26.2 Å². The number of nitrogens with zero attached hydrogens (tertiary/aromatic N) is 1. The molecule has 2 heterocycles. The van der Waals surface area contributed by atoms with Crippen molar-refractivity contribution in [3.8, 4) is 0 Å². The van der Waals surface area contributed by atoms with Crippen molar-refractivity contribution in [3.05, 3.63) is 26.9 Å². The average Bonchev–Trinajstić information content (AvgIpc) is 2.45. The molecule has 2 rings (SSSR count). The van der Waals surface area contributed by atoms with E-state index in [0.29, 0.717) is 5.15 Å². The van der Waals surface area contributed by atoms with Crippen LogP contribution in [-0.4, -0.2) is 4.98 Å². The SMILES string of the molecule is Clc1ncc(Br)c2c1CNC2. The summed E-state index contributed by atoms with van der Waals surface area (Å²) in [6.07, 6.45) is 1.74.